The van der Waals surface area contributed by atoms with Gasteiger partial charge in [-0.1, -0.05) is 66.2 Å². The smallest absolute Gasteiger partial charge is 0.238 e. The van der Waals surface area contributed by atoms with Crippen LogP contribution in [0.2, 0.25) is 5.02 Å². The molecule has 0 aliphatic rings. The minimum Gasteiger partial charge on any atom is -0.436 e. The number of halogens is 1. The first-order valence-electron chi connectivity index (χ1n) is 7.46. The van der Waals surface area contributed by atoms with Crippen molar-refractivity contribution in [3.05, 3.63) is 84.0 Å². The van der Waals surface area contributed by atoms with Crippen molar-refractivity contribution in [2.24, 2.45) is 0 Å². The minimum atomic E-state index is 0.407. The predicted octanol–water partition coefficient (Wildman–Crippen LogP) is 5.54. The lowest BCUT2D eigenvalue weighted by Gasteiger charge is -2.10. The van der Waals surface area contributed by atoms with Gasteiger partial charge in [-0.15, -0.1) is 0 Å². The van der Waals surface area contributed by atoms with Gasteiger partial charge < -0.3 is 4.74 Å². The molecule has 1 aromatic heterocycles. The highest BCUT2D eigenvalue weighted by molar-refractivity contribution is 6.34. The number of benzene rings is 3. The highest BCUT2D eigenvalue weighted by Crippen LogP contribution is 2.32. The Morgan fingerprint density at radius 3 is 2.67 bits per heavy atom. The van der Waals surface area contributed by atoms with Crippen molar-refractivity contribution >= 4 is 22.6 Å². The zero-order valence-corrected chi connectivity index (χ0v) is 13.4. The molecule has 3 aromatic carbocycles. The predicted molar refractivity (Wildman–Crippen MR) is 95.3 cm³/mol. The Hall–Kier alpha value is -2.91. The summed E-state index contributed by atoms with van der Waals surface area (Å²) in [7, 11) is 0. The number of nitrogens with zero attached hydrogens (tertiary/aromatic N) is 2. The summed E-state index contributed by atoms with van der Waals surface area (Å²) >= 11 is 6.13. The fourth-order valence-electron chi connectivity index (χ4n) is 2.49. The second-order valence-electron chi connectivity index (χ2n) is 5.20. The molecule has 4 rings (SSSR count). The van der Waals surface area contributed by atoms with Crippen LogP contribution in [0.25, 0.3) is 22.2 Å². The molecule has 0 saturated carbocycles. The summed E-state index contributed by atoms with van der Waals surface area (Å²) < 4.78 is 5.94. The molecule has 1 radical (unpaired) electrons. The maximum atomic E-state index is 6.13. The quantitative estimate of drug-likeness (QED) is 0.494. The first-order chi connectivity index (χ1) is 11.8. The monoisotopic (exact) mass is 331 g/mol. The molecular weight excluding hydrogens is 320 g/mol. The van der Waals surface area contributed by atoms with Gasteiger partial charge in [-0.05, 0) is 17.7 Å². The van der Waals surface area contributed by atoms with Crippen molar-refractivity contribution in [3.8, 4) is 22.8 Å². The van der Waals surface area contributed by atoms with Crippen LogP contribution in [-0.4, -0.2) is 9.97 Å². The van der Waals surface area contributed by atoms with Crippen LogP contribution in [0, 0.1) is 6.07 Å². The average molecular weight is 332 g/mol. The maximum absolute atomic E-state index is 6.13. The van der Waals surface area contributed by atoms with Crippen molar-refractivity contribution in [3.63, 3.8) is 0 Å². The molecule has 3 nitrogen and oxygen atoms in total. The number of hydrogen-bond donors (Lipinski definition) is 0. The Morgan fingerprint density at radius 1 is 0.917 bits per heavy atom. The summed E-state index contributed by atoms with van der Waals surface area (Å²) in [6.07, 6.45) is 1.57. The SMILES string of the molecule is Clc1cccc2nc(Oc3[c]cccc3-c3ccccc3)cnc12. The number of hydrogen-bond acceptors (Lipinski definition) is 3. The summed E-state index contributed by atoms with van der Waals surface area (Å²) in [5, 5.41) is 0.572. The van der Waals surface area contributed by atoms with Crippen molar-refractivity contribution < 1.29 is 4.74 Å². The third-order valence-corrected chi connectivity index (χ3v) is 3.91. The van der Waals surface area contributed by atoms with Crippen molar-refractivity contribution in [1.82, 2.24) is 9.97 Å². The van der Waals surface area contributed by atoms with E-state index in [0.717, 1.165) is 11.1 Å². The second kappa shape index (κ2) is 6.30. The fraction of sp³-hybridized carbons (Fsp3) is 0. The van der Waals surface area contributed by atoms with E-state index in [2.05, 4.69) is 16.0 Å². The summed E-state index contributed by atoms with van der Waals surface area (Å²) in [6.45, 7) is 0. The molecule has 4 heteroatoms. The van der Waals surface area contributed by atoms with Crippen LogP contribution in [0.3, 0.4) is 0 Å². The number of para-hydroxylation sites is 2. The molecule has 1 heterocycles. The number of aromatic nitrogens is 2. The maximum Gasteiger partial charge on any atom is 0.238 e. The van der Waals surface area contributed by atoms with Gasteiger partial charge in [-0.3, -0.25) is 0 Å². The molecule has 0 aliphatic carbocycles. The van der Waals surface area contributed by atoms with E-state index >= 15 is 0 Å². The topological polar surface area (TPSA) is 35.0 Å². The second-order valence-corrected chi connectivity index (χ2v) is 5.60. The lowest BCUT2D eigenvalue weighted by molar-refractivity contribution is 0.463. The Labute approximate surface area is 144 Å². The summed E-state index contributed by atoms with van der Waals surface area (Å²) in [4.78, 5) is 8.82. The third kappa shape index (κ3) is 2.82. The van der Waals surface area contributed by atoms with Crippen LogP contribution in [0.5, 0.6) is 11.6 Å². The van der Waals surface area contributed by atoms with E-state index < -0.39 is 0 Å². The van der Waals surface area contributed by atoms with Crippen molar-refractivity contribution in [1.29, 1.82) is 0 Å². The molecular formula is C20H12ClN2O. The molecule has 0 fully saturated rings. The first kappa shape index (κ1) is 14.7. The van der Waals surface area contributed by atoms with Crippen LogP contribution >= 0.6 is 11.6 Å². The van der Waals surface area contributed by atoms with E-state index in [0.29, 0.717) is 27.7 Å². The lowest BCUT2D eigenvalue weighted by Crippen LogP contribution is -1.93. The van der Waals surface area contributed by atoms with Gasteiger partial charge in [0, 0.05) is 11.6 Å². The third-order valence-electron chi connectivity index (χ3n) is 3.61. The molecule has 0 N–H and O–H groups in total. The van der Waals surface area contributed by atoms with Gasteiger partial charge in [0.25, 0.3) is 0 Å². The molecule has 0 atom stereocenters. The van der Waals surface area contributed by atoms with Gasteiger partial charge in [-0.2, -0.15) is 0 Å². The molecule has 0 spiro atoms. The standard InChI is InChI=1S/C20H12ClN2O/c21-16-10-6-11-17-20(16)22-13-19(23-17)24-18-12-5-4-9-15(18)14-7-2-1-3-8-14/h1-11,13H. The van der Waals surface area contributed by atoms with Crippen LogP contribution in [0.4, 0.5) is 0 Å². The Bertz CT molecular complexity index is 1000. The number of ether oxygens (including phenoxy) is 1. The van der Waals surface area contributed by atoms with Crippen LogP contribution in [-0.2, 0) is 0 Å². The van der Waals surface area contributed by atoms with Gasteiger partial charge in [-0.25, -0.2) is 9.97 Å². The number of fused-ring (bicyclic) bond motifs is 1. The Morgan fingerprint density at radius 2 is 1.79 bits per heavy atom. The summed E-state index contributed by atoms with van der Waals surface area (Å²) in [5.74, 6) is 1.02. The highest BCUT2D eigenvalue weighted by Gasteiger charge is 2.09. The van der Waals surface area contributed by atoms with Crippen molar-refractivity contribution in [2.75, 3.05) is 0 Å². The van der Waals surface area contributed by atoms with E-state index in [1.165, 1.54) is 0 Å². The van der Waals surface area contributed by atoms with E-state index in [-0.39, 0.29) is 0 Å². The van der Waals surface area contributed by atoms with Crippen LogP contribution < -0.4 is 4.74 Å². The van der Waals surface area contributed by atoms with Gasteiger partial charge in [0.2, 0.25) is 5.88 Å². The molecule has 115 valence electrons. The number of rotatable bonds is 3. The molecule has 0 amide bonds. The van der Waals surface area contributed by atoms with Gasteiger partial charge in [0.15, 0.2) is 0 Å². The zero-order valence-electron chi connectivity index (χ0n) is 12.6. The molecule has 4 aromatic rings. The molecule has 0 bridgehead atoms. The van der Waals surface area contributed by atoms with E-state index in [4.69, 9.17) is 16.3 Å². The van der Waals surface area contributed by atoms with Gasteiger partial charge >= 0.3 is 0 Å². The van der Waals surface area contributed by atoms with Crippen LogP contribution in [0.1, 0.15) is 0 Å². The average Bonchev–Trinajstić information content (AvgIpc) is 2.63. The summed E-state index contributed by atoms with van der Waals surface area (Å²) in [5.41, 5.74) is 3.36. The molecule has 24 heavy (non-hydrogen) atoms. The molecule has 0 unspecified atom stereocenters. The van der Waals surface area contributed by atoms with E-state index in [1.807, 2.05) is 60.7 Å². The van der Waals surface area contributed by atoms with Gasteiger partial charge in [0.1, 0.15) is 11.3 Å². The fourth-order valence-corrected chi connectivity index (χ4v) is 2.71. The minimum absolute atomic E-state index is 0.407. The van der Waals surface area contributed by atoms with Gasteiger partial charge in [0.05, 0.1) is 16.7 Å². The Balaban J connectivity index is 1.74. The van der Waals surface area contributed by atoms with Crippen molar-refractivity contribution in [2.45, 2.75) is 0 Å². The zero-order chi connectivity index (χ0) is 16.4. The lowest BCUT2D eigenvalue weighted by atomic mass is 10.1. The van der Waals surface area contributed by atoms with E-state index in [1.54, 1.807) is 12.3 Å². The van der Waals surface area contributed by atoms with Crippen LogP contribution in [0.15, 0.2) is 72.9 Å². The Kier molecular flexibility index (Phi) is 3.85. The largest absolute Gasteiger partial charge is 0.436 e. The molecule has 0 aliphatic heterocycles. The highest BCUT2D eigenvalue weighted by atomic mass is 35.5. The summed E-state index contributed by atoms with van der Waals surface area (Å²) in [6, 6.07) is 24.4. The first-order valence-corrected chi connectivity index (χ1v) is 7.84. The van der Waals surface area contributed by atoms with E-state index in [9.17, 15) is 0 Å². The normalized spacial score (nSPS) is 10.7. The molecule has 0 saturated heterocycles.